The summed E-state index contributed by atoms with van der Waals surface area (Å²) in [4.78, 5) is 0. The zero-order valence-corrected chi connectivity index (χ0v) is 29.7. The van der Waals surface area contributed by atoms with E-state index < -0.39 is 0 Å². The van der Waals surface area contributed by atoms with Gasteiger partial charge in [-0.05, 0) is 60.8 Å². The van der Waals surface area contributed by atoms with Crippen molar-refractivity contribution in [3.05, 3.63) is 0 Å². The minimum absolute atomic E-state index is 0.0705. The van der Waals surface area contributed by atoms with Crippen molar-refractivity contribution < 1.29 is 28.4 Å². The van der Waals surface area contributed by atoms with E-state index in [-0.39, 0.29) is 71.6 Å². The van der Waals surface area contributed by atoms with Crippen molar-refractivity contribution in [2.45, 2.75) is 174 Å². The average molecular weight is 604 g/mol. The van der Waals surface area contributed by atoms with E-state index in [4.69, 9.17) is 45.6 Å². The van der Waals surface area contributed by atoms with Crippen molar-refractivity contribution in [3.63, 3.8) is 0 Å². The van der Waals surface area contributed by atoms with E-state index in [9.17, 15) is 0 Å². The van der Waals surface area contributed by atoms with E-state index in [1.807, 2.05) is 0 Å². The standard InChI is InChI=1S/3C11H23NO2/c3*1-6-9-10(12)7(2)11(4,13-5)8(3)14-9/h3*7-10H,6,12H2,1-5H3/t3*7-,8?,9+,10?,11+/m000/s1. The second-order valence-electron chi connectivity index (χ2n) is 13.4. The molecule has 9 nitrogen and oxygen atoms in total. The average Bonchev–Trinajstić information content (AvgIpc) is 2.99. The minimum atomic E-state index is -0.259. The van der Waals surface area contributed by atoms with E-state index in [1.165, 1.54) is 0 Å². The molecular weight excluding hydrogens is 534 g/mol. The Bertz CT molecular complexity index is 693. The van der Waals surface area contributed by atoms with Crippen LogP contribution in [0.4, 0.5) is 0 Å². The molecule has 0 radical (unpaired) electrons. The van der Waals surface area contributed by atoms with Gasteiger partial charge >= 0.3 is 0 Å². The molecule has 0 aliphatic carbocycles. The Labute approximate surface area is 258 Å². The first kappa shape index (κ1) is 39.7. The molecule has 15 atom stereocenters. The smallest absolute Gasteiger partial charge is 0.0949 e. The van der Waals surface area contributed by atoms with Crippen LogP contribution in [0.15, 0.2) is 0 Å². The van der Waals surface area contributed by atoms with Crippen LogP contribution in [-0.2, 0) is 28.4 Å². The lowest BCUT2D eigenvalue weighted by Crippen LogP contribution is -2.62. The maximum atomic E-state index is 6.14. The van der Waals surface area contributed by atoms with E-state index in [1.54, 1.807) is 21.3 Å². The maximum Gasteiger partial charge on any atom is 0.0949 e. The number of hydrogen-bond acceptors (Lipinski definition) is 9. The summed E-state index contributed by atoms with van der Waals surface area (Å²) < 4.78 is 34.3. The molecule has 3 aliphatic rings. The number of methoxy groups -OCH3 is 3. The third kappa shape index (κ3) is 7.88. The zero-order chi connectivity index (χ0) is 32.8. The molecule has 3 heterocycles. The van der Waals surface area contributed by atoms with Crippen molar-refractivity contribution in [2.24, 2.45) is 35.0 Å². The molecule has 0 aromatic heterocycles. The molecule has 6 unspecified atom stereocenters. The Morgan fingerprint density at radius 2 is 0.667 bits per heavy atom. The summed E-state index contributed by atoms with van der Waals surface area (Å²) in [6.07, 6.45) is 3.72. The van der Waals surface area contributed by atoms with Crippen LogP contribution in [0.2, 0.25) is 0 Å². The van der Waals surface area contributed by atoms with Crippen molar-refractivity contribution >= 4 is 0 Å². The summed E-state index contributed by atoms with van der Waals surface area (Å²) in [5.41, 5.74) is 17.6. The summed E-state index contributed by atoms with van der Waals surface area (Å²) >= 11 is 0. The normalized spacial score (nSPS) is 49.3. The topological polar surface area (TPSA) is 133 Å². The van der Waals surface area contributed by atoms with Crippen molar-refractivity contribution in [1.29, 1.82) is 0 Å². The van der Waals surface area contributed by atoms with E-state index >= 15 is 0 Å². The monoisotopic (exact) mass is 604 g/mol. The lowest BCUT2D eigenvalue weighted by Gasteiger charge is -2.49. The van der Waals surface area contributed by atoms with Gasteiger partial charge in [-0.15, -0.1) is 0 Å². The van der Waals surface area contributed by atoms with Crippen molar-refractivity contribution in [1.82, 2.24) is 0 Å². The molecule has 42 heavy (non-hydrogen) atoms. The largest absolute Gasteiger partial charge is 0.375 e. The van der Waals surface area contributed by atoms with Crippen LogP contribution in [-0.4, -0.2) is 92.9 Å². The van der Waals surface area contributed by atoms with Gasteiger partial charge in [-0.25, -0.2) is 0 Å². The third-order valence-electron chi connectivity index (χ3n) is 11.8. The van der Waals surface area contributed by atoms with Crippen LogP contribution in [0.1, 0.15) is 102 Å². The highest BCUT2D eigenvalue weighted by Crippen LogP contribution is 2.38. The Hall–Kier alpha value is -0.360. The summed E-state index contributed by atoms with van der Waals surface area (Å²) in [5, 5.41) is 0. The summed E-state index contributed by atoms with van der Waals surface area (Å²) in [5.74, 6) is 0.962. The lowest BCUT2D eigenvalue weighted by atomic mass is 9.76. The van der Waals surface area contributed by atoms with Gasteiger partial charge in [-0.1, -0.05) is 41.5 Å². The Balaban J connectivity index is 0.000000315. The second-order valence-corrected chi connectivity index (χ2v) is 13.4. The summed E-state index contributed by atoms with van der Waals surface area (Å²) in [6.45, 7) is 25.2. The van der Waals surface area contributed by atoms with Gasteiger partial charge < -0.3 is 45.6 Å². The van der Waals surface area contributed by atoms with Crippen LogP contribution in [0.5, 0.6) is 0 Å². The second kappa shape index (κ2) is 16.3. The molecule has 3 aliphatic heterocycles. The molecule has 0 spiro atoms. The van der Waals surface area contributed by atoms with E-state index in [0.29, 0.717) is 17.8 Å². The summed E-state index contributed by atoms with van der Waals surface area (Å²) in [7, 11) is 5.19. The predicted molar refractivity (Wildman–Crippen MR) is 172 cm³/mol. The number of ether oxygens (including phenoxy) is 6. The van der Waals surface area contributed by atoms with Gasteiger partial charge in [-0.2, -0.15) is 0 Å². The molecule has 3 fully saturated rings. The van der Waals surface area contributed by atoms with Crippen LogP contribution >= 0.6 is 0 Å². The molecule has 0 bridgehead atoms. The molecule has 9 heteroatoms. The van der Waals surface area contributed by atoms with Crippen LogP contribution in [0.25, 0.3) is 0 Å². The molecule has 0 amide bonds. The van der Waals surface area contributed by atoms with Gasteiger partial charge in [0.1, 0.15) is 0 Å². The first-order valence-corrected chi connectivity index (χ1v) is 16.3. The molecule has 6 N–H and O–H groups in total. The molecule has 3 saturated heterocycles. The predicted octanol–water partition coefficient (Wildman–Crippen LogP) is 4.66. The van der Waals surface area contributed by atoms with Gasteiger partial charge in [0.25, 0.3) is 0 Å². The number of nitrogens with two attached hydrogens (primary N) is 3. The molecule has 0 aromatic carbocycles. The van der Waals surface area contributed by atoms with Gasteiger partial charge in [0.15, 0.2) is 0 Å². The van der Waals surface area contributed by atoms with Crippen LogP contribution in [0.3, 0.4) is 0 Å². The first-order valence-electron chi connectivity index (χ1n) is 16.3. The number of rotatable bonds is 6. The van der Waals surface area contributed by atoms with Gasteiger partial charge in [-0.3, -0.25) is 0 Å². The Morgan fingerprint density at radius 1 is 0.476 bits per heavy atom. The summed E-state index contributed by atoms with van der Waals surface area (Å²) in [6, 6.07) is 0.212. The molecule has 0 saturated carbocycles. The lowest BCUT2D eigenvalue weighted by molar-refractivity contribution is -0.208. The van der Waals surface area contributed by atoms with Crippen molar-refractivity contribution in [3.8, 4) is 0 Å². The highest BCUT2D eigenvalue weighted by molar-refractivity contribution is 5.01. The van der Waals surface area contributed by atoms with Gasteiger partial charge in [0, 0.05) is 57.2 Å². The first-order chi connectivity index (χ1) is 19.4. The highest BCUT2D eigenvalue weighted by Gasteiger charge is 2.50. The quantitative estimate of drug-likeness (QED) is 0.396. The highest BCUT2D eigenvalue weighted by atomic mass is 16.6. The molecule has 0 aromatic rings. The zero-order valence-electron chi connectivity index (χ0n) is 29.7. The van der Waals surface area contributed by atoms with Crippen LogP contribution in [0, 0.1) is 17.8 Å². The van der Waals surface area contributed by atoms with Crippen molar-refractivity contribution in [2.75, 3.05) is 21.3 Å². The van der Waals surface area contributed by atoms with Gasteiger partial charge in [0.05, 0.1) is 53.4 Å². The fraction of sp³-hybridized carbons (Fsp3) is 1.00. The fourth-order valence-electron chi connectivity index (χ4n) is 6.85. The maximum absolute atomic E-state index is 6.14. The van der Waals surface area contributed by atoms with E-state index in [0.717, 1.165) is 19.3 Å². The minimum Gasteiger partial charge on any atom is -0.375 e. The third-order valence-corrected chi connectivity index (χ3v) is 11.8. The molecule has 3 rings (SSSR count). The van der Waals surface area contributed by atoms with E-state index in [2.05, 4.69) is 83.1 Å². The Kier molecular flexibility index (Phi) is 15.4. The van der Waals surface area contributed by atoms with Crippen LogP contribution < -0.4 is 17.2 Å². The fourth-order valence-corrected chi connectivity index (χ4v) is 6.85. The molecular formula is C33H69N3O6. The van der Waals surface area contributed by atoms with Gasteiger partial charge in [0.2, 0.25) is 0 Å². The number of hydrogen-bond donors (Lipinski definition) is 3. The SMILES string of the molecule is CC[C@H]1OC(C)[C@](C)(OC)[C@@H](C)C1N.CC[C@H]1OC(C)[C@](C)(OC)[C@@H](C)C1N.CC[C@H]1OC(C)[C@](C)(OC)[C@@H](C)C1N. The molecule has 252 valence electrons. The Morgan fingerprint density at radius 3 is 0.810 bits per heavy atom.